The number of hydrogen-bond acceptors (Lipinski definition) is 4. The lowest BCUT2D eigenvalue weighted by atomic mass is 9.90. The lowest BCUT2D eigenvalue weighted by molar-refractivity contribution is 0.230. The van der Waals surface area contributed by atoms with E-state index in [9.17, 15) is 0 Å². The maximum Gasteiger partial charge on any atom is 0.129 e. The van der Waals surface area contributed by atoms with Gasteiger partial charge in [-0.05, 0) is 37.1 Å². The molecule has 4 nitrogen and oxygen atoms in total. The van der Waals surface area contributed by atoms with Gasteiger partial charge in [-0.15, -0.1) is 0 Å². The van der Waals surface area contributed by atoms with Gasteiger partial charge in [0, 0.05) is 43.3 Å². The Labute approximate surface area is 128 Å². The van der Waals surface area contributed by atoms with Crippen molar-refractivity contribution < 1.29 is 0 Å². The zero-order chi connectivity index (χ0) is 15.0. The number of aromatic nitrogens is 1. The second kappa shape index (κ2) is 5.58. The Morgan fingerprint density at radius 1 is 1.24 bits per heavy atom. The molecule has 0 spiro atoms. The third-order valence-electron chi connectivity index (χ3n) is 4.79. The quantitative estimate of drug-likeness (QED) is 0.905. The van der Waals surface area contributed by atoms with Crippen LogP contribution in [0.3, 0.4) is 0 Å². The fourth-order valence-electron chi connectivity index (χ4n) is 3.43. The van der Waals surface area contributed by atoms with E-state index in [0.29, 0.717) is 6.54 Å². The molecule has 2 aliphatic heterocycles. The van der Waals surface area contributed by atoms with Crippen molar-refractivity contribution in [3.63, 3.8) is 0 Å². The van der Waals surface area contributed by atoms with Crippen molar-refractivity contribution >= 4 is 5.82 Å². The second-order valence-electron chi connectivity index (χ2n) is 7.45. The molecule has 3 heterocycles. The molecule has 0 aromatic carbocycles. The summed E-state index contributed by atoms with van der Waals surface area (Å²) in [7, 11) is 0. The van der Waals surface area contributed by atoms with Gasteiger partial charge in [-0.1, -0.05) is 20.8 Å². The summed E-state index contributed by atoms with van der Waals surface area (Å²) in [4.78, 5) is 10.0. The highest BCUT2D eigenvalue weighted by Crippen LogP contribution is 2.28. The molecule has 1 atom stereocenters. The third kappa shape index (κ3) is 3.06. The van der Waals surface area contributed by atoms with E-state index in [1.54, 1.807) is 0 Å². The molecule has 0 amide bonds. The van der Waals surface area contributed by atoms with E-state index in [4.69, 9.17) is 10.7 Å². The maximum atomic E-state index is 5.89. The standard InChI is InChI=1S/C17H28N4/c1-17(2,3)15-9-13(11-18)10-16(19-15)21-8-7-20-6-4-5-14(20)12-21/h9-10,14H,4-8,11-12,18H2,1-3H3. The maximum absolute atomic E-state index is 5.89. The minimum absolute atomic E-state index is 0.0646. The lowest BCUT2D eigenvalue weighted by Gasteiger charge is -2.38. The van der Waals surface area contributed by atoms with Gasteiger partial charge in [0.1, 0.15) is 5.82 Å². The molecule has 4 heteroatoms. The monoisotopic (exact) mass is 288 g/mol. The van der Waals surface area contributed by atoms with Gasteiger partial charge in [-0.3, -0.25) is 4.90 Å². The first-order valence-corrected chi connectivity index (χ1v) is 8.18. The van der Waals surface area contributed by atoms with E-state index < -0.39 is 0 Å². The van der Waals surface area contributed by atoms with E-state index in [0.717, 1.165) is 30.6 Å². The van der Waals surface area contributed by atoms with Crippen LogP contribution in [-0.2, 0) is 12.0 Å². The molecule has 2 N–H and O–H groups in total. The minimum atomic E-state index is 0.0646. The van der Waals surface area contributed by atoms with Gasteiger partial charge < -0.3 is 10.6 Å². The molecule has 2 aliphatic rings. The van der Waals surface area contributed by atoms with Crippen molar-refractivity contribution in [3.8, 4) is 0 Å². The molecule has 0 radical (unpaired) electrons. The molecule has 1 aromatic heterocycles. The highest BCUT2D eigenvalue weighted by molar-refractivity contribution is 5.45. The van der Waals surface area contributed by atoms with Crippen molar-refractivity contribution in [2.75, 3.05) is 31.1 Å². The van der Waals surface area contributed by atoms with Crippen LogP contribution in [0.25, 0.3) is 0 Å². The molecule has 21 heavy (non-hydrogen) atoms. The molecule has 0 aliphatic carbocycles. The van der Waals surface area contributed by atoms with Gasteiger partial charge >= 0.3 is 0 Å². The fraction of sp³-hybridized carbons (Fsp3) is 0.706. The summed E-state index contributed by atoms with van der Waals surface area (Å²) in [6.45, 7) is 11.9. The van der Waals surface area contributed by atoms with Gasteiger partial charge in [0.2, 0.25) is 0 Å². The molecular weight excluding hydrogens is 260 g/mol. The molecule has 1 aromatic rings. The zero-order valence-corrected chi connectivity index (χ0v) is 13.6. The van der Waals surface area contributed by atoms with E-state index >= 15 is 0 Å². The van der Waals surface area contributed by atoms with Gasteiger partial charge in [0.25, 0.3) is 0 Å². The predicted molar refractivity (Wildman–Crippen MR) is 87.6 cm³/mol. The first-order valence-electron chi connectivity index (χ1n) is 8.18. The van der Waals surface area contributed by atoms with Crippen LogP contribution < -0.4 is 10.6 Å². The number of rotatable bonds is 2. The summed E-state index contributed by atoms with van der Waals surface area (Å²) < 4.78 is 0. The SMILES string of the molecule is CC(C)(C)c1cc(CN)cc(N2CCN3CCCC3C2)n1. The molecule has 2 fully saturated rings. The fourth-order valence-corrected chi connectivity index (χ4v) is 3.43. The number of fused-ring (bicyclic) bond motifs is 1. The summed E-state index contributed by atoms with van der Waals surface area (Å²) in [5.74, 6) is 1.12. The molecule has 3 rings (SSSR count). The largest absolute Gasteiger partial charge is 0.354 e. The highest BCUT2D eigenvalue weighted by atomic mass is 15.3. The summed E-state index contributed by atoms with van der Waals surface area (Å²) >= 11 is 0. The average molecular weight is 288 g/mol. The first kappa shape index (κ1) is 14.8. The number of anilines is 1. The number of nitrogens with zero attached hydrogens (tertiary/aromatic N) is 3. The lowest BCUT2D eigenvalue weighted by Crippen LogP contribution is -2.50. The molecule has 2 saturated heterocycles. The Morgan fingerprint density at radius 2 is 2.05 bits per heavy atom. The van der Waals surface area contributed by atoms with E-state index in [1.165, 1.54) is 31.5 Å². The summed E-state index contributed by atoms with van der Waals surface area (Å²) in [6, 6.07) is 5.06. The number of pyridine rings is 1. The summed E-state index contributed by atoms with van der Waals surface area (Å²) in [6.07, 6.45) is 2.68. The predicted octanol–water partition coefficient (Wildman–Crippen LogP) is 2.12. The number of hydrogen-bond donors (Lipinski definition) is 1. The van der Waals surface area contributed by atoms with Crippen LogP contribution in [0.1, 0.15) is 44.9 Å². The van der Waals surface area contributed by atoms with Gasteiger partial charge in [-0.2, -0.15) is 0 Å². The van der Waals surface area contributed by atoms with Crippen molar-refractivity contribution in [2.45, 2.75) is 51.6 Å². The Balaban J connectivity index is 1.87. The van der Waals surface area contributed by atoms with Gasteiger partial charge in [0.05, 0.1) is 0 Å². The first-order chi connectivity index (χ1) is 9.97. The Bertz CT molecular complexity index is 506. The number of nitrogens with two attached hydrogens (primary N) is 1. The topological polar surface area (TPSA) is 45.4 Å². The van der Waals surface area contributed by atoms with Gasteiger partial charge in [-0.25, -0.2) is 4.98 Å². The summed E-state index contributed by atoms with van der Waals surface area (Å²) in [5, 5.41) is 0. The third-order valence-corrected chi connectivity index (χ3v) is 4.79. The van der Waals surface area contributed by atoms with Crippen molar-refractivity contribution in [3.05, 3.63) is 23.4 Å². The molecule has 1 unspecified atom stereocenters. The Hall–Kier alpha value is -1.13. The van der Waals surface area contributed by atoms with Crippen LogP contribution in [0.5, 0.6) is 0 Å². The molecule has 0 saturated carbocycles. The van der Waals surface area contributed by atoms with Crippen LogP contribution in [-0.4, -0.2) is 42.1 Å². The van der Waals surface area contributed by atoms with Crippen LogP contribution in [0.2, 0.25) is 0 Å². The van der Waals surface area contributed by atoms with E-state index in [-0.39, 0.29) is 5.41 Å². The Kier molecular flexibility index (Phi) is 3.93. The normalized spacial score (nSPS) is 23.4. The smallest absolute Gasteiger partial charge is 0.129 e. The van der Waals surface area contributed by atoms with Crippen molar-refractivity contribution in [2.24, 2.45) is 5.73 Å². The van der Waals surface area contributed by atoms with Crippen molar-refractivity contribution in [1.29, 1.82) is 0 Å². The van der Waals surface area contributed by atoms with Crippen molar-refractivity contribution in [1.82, 2.24) is 9.88 Å². The second-order valence-corrected chi connectivity index (χ2v) is 7.45. The van der Waals surface area contributed by atoms with E-state index in [1.807, 2.05) is 0 Å². The number of piperazine rings is 1. The highest BCUT2D eigenvalue weighted by Gasteiger charge is 2.31. The summed E-state index contributed by atoms with van der Waals surface area (Å²) in [5.41, 5.74) is 8.30. The van der Waals surface area contributed by atoms with Crippen LogP contribution in [0, 0.1) is 0 Å². The molecular formula is C17H28N4. The van der Waals surface area contributed by atoms with Crippen LogP contribution in [0.15, 0.2) is 12.1 Å². The molecule has 116 valence electrons. The molecule has 0 bridgehead atoms. The minimum Gasteiger partial charge on any atom is -0.354 e. The average Bonchev–Trinajstić information content (AvgIpc) is 2.93. The van der Waals surface area contributed by atoms with Crippen LogP contribution >= 0.6 is 0 Å². The van der Waals surface area contributed by atoms with E-state index in [2.05, 4.69) is 42.7 Å². The zero-order valence-electron chi connectivity index (χ0n) is 13.6. The Morgan fingerprint density at radius 3 is 2.76 bits per heavy atom. The van der Waals surface area contributed by atoms with Crippen LogP contribution in [0.4, 0.5) is 5.82 Å². The van der Waals surface area contributed by atoms with Gasteiger partial charge in [0.15, 0.2) is 0 Å².